The predicted octanol–water partition coefficient (Wildman–Crippen LogP) is 0.395. The van der Waals surface area contributed by atoms with E-state index in [-0.39, 0.29) is 18.1 Å². The number of likely N-dealkylation sites (N-methyl/N-ethyl adjacent to an activating group) is 1. The van der Waals surface area contributed by atoms with Crippen molar-refractivity contribution >= 4 is 5.91 Å². The number of aryl methyl sites for hydroxylation is 1. The highest BCUT2D eigenvalue weighted by atomic mass is 16.5. The van der Waals surface area contributed by atoms with Crippen LogP contribution < -0.4 is 0 Å². The molecule has 2 rings (SSSR count). The third-order valence-electron chi connectivity index (χ3n) is 3.64. The molecule has 0 aromatic carbocycles. The lowest BCUT2D eigenvalue weighted by molar-refractivity contribution is -0.0157. The molecule has 1 aliphatic rings. The summed E-state index contributed by atoms with van der Waals surface area (Å²) in [5.41, 5.74) is 0.350. The van der Waals surface area contributed by atoms with E-state index in [0.29, 0.717) is 11.5 Å². The summed E-state index contributed by atoms with van der Waals surface area (Å²) >= 11 is 0. The lowest BCUT2D eigenvalue weighted by atomic mass is 10.1. The second kappa shape index (κ2) is 5.63. The maximum Gasteiger partial charge on any atom is 0.272 e. The molecule has 19 heavy (non-hydrogen) atoms. The first-order valence-electron chi connectivity index (χ1n) is 6.32. The smallest absolute Gasteiger partial charge is 0.272 e. The summed E-state index contributed by atoms with van der Waals surface area (Å²) in [6.45, 7) is 1.74. The van der Waals surface area contributed by atoms with Gasteiger partial charge in [0.2, 0.25) is 0 Å². The van der Waals surface area contributed by atoms with Crippen LogP contribution in [0.3, 0.4) is 0 Å². The molecule has 1 aromatic rings. The van der Waals surface area contributed by atoms with Gasteiger partial charge in [0, 0.05) is 20.4 Å². The number of carbonyl (C=O) groups excluding carboxylic acids is 1. The Hall–Kier alpha value is -1.53. The van der Waals surface area contributed by atoms with Crippen molar-refractivity contribution in [3.63, 3.8) is 0 Å². The number of methoxy groups -OCH3 is 1. The van der Waals surface area contributed by atoms with Crippen molar-refractivity contribution in [1.29, 1.82) is 0 Å². The fraction of sp³-hybridized carbons (Fsp3) is 0.615. The fourth-order valence-corrected chi connectivity index (χ4v) is 2.51. The minimum Gasteiger partial charge on any atom is -0.388 e. The average molecular weight is 265 g/mol. The van der Waals surface area contributed by atoms with Crippen LogP contribution in [-0.4, -0.2) is 58.3 Å². The predicted molar refractivity (Wildman–Crippen MR) is 68.7 cm³/mol. The molecule has 0 bridgehead atoms. The zero-order chi connectivity index (χ0) is 14.0. The van der Waals surface area contributed by atoms with Crippen molar-refractivity contribution in [3.8, 4) is 0 Å². The van der Waals surface area contributed by atoms with Crippen LogP contribution in [0.5, 0.6) is 0 Å². The SMILES string of the molecule is CO[C@@H]1CC[C@@H](N(C)C(=O)c2ccnc(C)n2)[C@H]1O. The van der Waals surface area contributed by atoms with E-state index in [4.69, 9.17) is 4.74 Å². The maximum atomic E-state index is 12.3. The van der Waals surface area contributed by atoms with Gasteiger partial charge in [-0.15, -0.1) is 0 Å². The van der Waals surface area contributed by atoms with Gasteiger partial charge in [-0.2, -0.15) is 0 Å². The highest BCUT2D eigenvalue weighted by molar-refractivity contribution is 5.92. The van der Waals surface area contributed by atoms with Crippen molar-refractivity contribution in [1.82, 2.24) is 14.9 Å². The van der Waals surface area contributed by atoms with Crippen molar-refractivity contribution in [2.75, 3.05) is 14.2 Å². The minimum absolute atomic E-state index is 0.201. The molecule has 0 radical (unpaired) electrons. The summed E-state index contributed by atoms with van der Waals surface area (Å²) in [4.78, 5) is 21.9. The summed E-state index contributed by atoms with van der Waals surface area (Å²) in [6, 6.07) is 1.36. The number of aliphatic hydroxyl groups is 1. The quantitative estimate of drug-likeness (QED) is 0.856. The van der Waals surface area contributed by atoms with Gasteiger partial charge in [0.1, 0.15) is 17.6 Å². The zero-order valence-corrected chi connectivity index (χ0v) is 11.4. The Morgan fingerprint density at radius 2 is 2.26 bits per heavy atom. The molecule has 0 saturated heterocycles. The minimum atomic E-state index is -0.651. The number of aromatic nitrogens is 2. The van der Waals surface area contributed by atoms with Crippen LogP contribution in [0, 0.1) is 6.92 Å². The first-order valence-corrected chi connectivity index (χ1v) is 6.32. The Morgan fingerprint density at radius 3 is 2.84 bits per heavy atom. The third kappa shape index (κ3) is 2.74. The van der Waals surface area contributed by atoms with E-state index < -0.39 is 6.10 Å². The third-order valence-corrected chi connectivity index (χ3v) is 3.64. The normalized spacial score (nSPS) is 26.4. The van der Waals surface area contributed by atoms with Crippen LogP contribution in [0.4, 0.5) is 0 Å². The molecule has 104 valence electrons. The molecular formula is C13H19N3O3. The first kappa shape index (κ1) is 13.9. The van der Waals surface area contributed by atoms with Gasteiger partial charge < -0.3 is 14.7 Å². The molecule has 0 aliphatic heterocycles. The van der Waals surface area contributed by atoms with Crippen LogP contribution in [-0.2, 0) is 4.74 Å². The summed E-state index contributed by atoms with van der Waals surface area (Å²) in [7, 11) is 3.26. The second-order valence-electron chi connectivity index (χ2n) is 4.81. The molecule has 3 atom stereocenters. The van der Waals surface area contributed by atoms with Gasteiger partial charge >= 0.3 is 0 Å². The van der Waals surface area contributed by atoms with E-state index in [1.165, 1.54) is 0 Å². The second-order valence-corrected chi connectivity index (χ2v) is 4.81. The molecule has 1 saturated carbocycles. The van der Waals surface area contributed by atoms with Crippen LogP contribution in [0.2, 0.25) is 0 Å². The van der Waals surface area contributed by atoms with Gasteiger partial charge in [-0.05, 0) is 25.8 Å². The molecular weight excluding hydrogens is 246 g/mol. The zero-order valence-electron chi connectivity index (χ0n) is 11.4. The number of hydrogen-bond acceptors (Lipinski definition) is 5. The molecule has 1 heterocycles. The molecule has 6 nitrogen and oxygen atoms in total. The Balaban J connectivity index is 2.12. The van der Waals surface area contributed by atoms with Crippen molar-refractivity contribution in [2.24, 2.45) is 0 Å². The van der Waals surface area contributed by atoms with Gasteiger partial charge in [-0.25, -0.2) is 9.97 Å². The van der Waals surface area contributed by atoms with Gasteiger partial charge in [0.25, 0.3) is 5.91 Å². The topological polar surface area (TPSA) is 75.5 Å². The lowest BCUT2D eigenvalue weighted by Gasteiger charge is -2.28. The van der Waals surface area contributed by atoms with Crippen molar-refractivity contribution in [2.45, 2.75) is 38.0 Å². The molecule has 0 spiro atoms. The highest BCUT2D eigenvalue weighted by Gasteiger charge is 2.39. The van der Waals surface area contributed by atoms with E-state index in [1.807, 2.05) is 0 Å². The standard InChI is InChI=1S/C13H19N3O3/c1-8-14-7-6-9(15-8)13(18)16(2)10-4-5-11(19-3)12(10)17/h6-7,10-12,17H,4-5H2,1-3H3/t10-,11-,12-/m1/s1. The van der Waals surface area contributed by atoms with Gasteiger partial charge in [-0.3, -0.25) is 4.79 Å². The van der Waals surface area contributed by atoms with Crippen LogP contribution in [0.15, 0.2) is 12.3 Å². The molecule has 1 aliphatic carbocycles. The van der Waals surface area contributed by atoms with E-state index in [2.05, 4.69) is 9.97 Å². The molecule has 1 fully saturated rings. The number of hydrogen-bond donors (Lipinski definition) is 1. The summed E-state index contributed by atoms with van der Waals surface area (Å²) in [5.74, 6) is 0.354. The fourth-order valence-electron chi connectivity index (χ4n) is 2.51. The Labute approximate surface area is 112 Å². The first-order chi connectivity index (χ1) is 9.04. The van der Waals surface area contributed by atoms with Crippen LogP contribution >= 0.6 is 0 Å². The van der Waals surface area contributed by atoms with Gasteiger partial charge in [0.15, 0.2) is 0 Å². The lowest BCUT2D eigenvalue weighted by Crippen LogP contribution is -2.44. The molecule has 1 amide bonds. The largest absolute Gasteiger partial charge is 0.388 e. The summed E-state index contributed by atoms with van der Waals surface area (Å²) in [5, 5.41) is 10.1. The molecule has 1 aromatic heterocycles. The van der Waals surface area contributed by atoms with Crippen molar-refractivity contribution in [3.05, 3.63) is 23.8 Å². The number of ether oxygens (including phenoxy) is 1. The number of rotatable bonds is 3. The van der Waals surface area contributed by atoms with Gasteiger partial charge in [0.05, 0.1) is 12.1 Å². The molecule has 6 heteroatoms. The highest BCUT2D eigenvalue weighted by Crippen LogP contribution is 2.26. The van der Waals surface area contributed by atoms with E-state index >= 15 is 0 Å². The van der Waals surface area contributed by atoms with E-state index in [0.717, 1.165) is 12.8 Å². The number of amides is 1. The molecule has 1 N–H and O–H groups in total. The Kier molecular flexibility index (Phi) is 4.11. The van der Waals surface area contributed by atoms with Gasteiger partial charge in [-0.1, -0.05) is 0 Å². The average Bonchev–Trinajstić information content (AvgIpc) is 2.78. The monoisotopic (exact) mass is 265 g/mol. The number of aliphatic hydroxyl groups excluding tert-OH is 1. The maximum absolute atomic E-state index is 12.3. The summed E-state index contributed by atoms with van der Waals surface area (Å²) in [6.07, 6.45) is 2.19. The van der Waals surface area contributed by atoms with Crippen LogP contribution in [0.1, 0.15) is 29.2 Å². The Morgan fingerprint density at radius 1 is 1.53 bits per heavy atom. The number of nitrogens with zero attached hydrogens (tertiary/aromatic N) is 3. The van der Waals surface area contributed by atoms with E-state index in [1.54, 1.807) is 38.2 Å². The van der Waals surface area contributed by atoms with E-state index in [9.17, 15) is 9.90 Å². The van der Waals surface area contributed by atoms with Crippen molar-refractivity contribution < 1.29 is 14.6 Å². The molecule has 0 unspecified atom stereocenters. The Bertz CT molecular complexity index is 466. The van der Waals surface area contributed by atoms with Crippen LogP contribution in [0.25, 0.3) is 0 Å². The number of carbonyl (C=O) groups is 1. The summed E-state index contributed by atoms with van der Waals surface area (Å²) < 4.78 is 5.19.